The summed E-state index contributed by atoms with van der Waals surface area (Å²) in [5.74, 6) is 1.39. The van der Waals surface area contributed by atoms with Crippen molar-refractivity contribution in [2.24, 2.45) is 0 Å². The molecule has 0 unspecified atom stereocenters. The van der Waals surface area contributed by atoms with Crippen LogP contribution in [0.3, 0.4) is 0 Å². The van der Waals surface area contributed by atoms with Gasteiger partial charge in [-0.2, -0.15) is 4.52 Å². The second kappa shape index (κ2) is 7.22. The molecule has 2 aliphatic heterocycles. The zero-order valence-corrected chi connectivity index (χ0v) is 16.9. The molecule has 5 rings (SSSR count). The number of hydrogen-bond acceptors (Lipinski definition) is 6. The maximum absolute atomic E-state index is 12.3. The van der Waals surface area contributed by atoms with Crippen molar-refractivity contribution in [2.45, 2.75) is 45.6 Å². The van der Waals surface area contributed by atoms with E-state index >= 15 is 0 Å². The molecule has 0 saturated carbocycles. The SMILES string of the molecule is Cc1c(N2CCc3ncc(C4CCOCC4)cc3C2)nn2c(=O)ccnc2c1C. The van der Waals surface area contributed by atoms with Crippen LogP contribution in [0.5, 0.6) is 0 Å². The Labute approximate surface area is 169 Å². The van der Waals surface area contributed by atoms with Gasteiger partial charge in [0.25, 0.3) is 5.56 Å². The second-order valence-electron chi connectivity index (χ2n) is 8.02. The topological polar surface area (TPSA) is 72.6 Å². The molecule has 0 radical (unpaired) electrons. The number of pyridine rings is 1. The van der Waals surface area contributed by atoms with Gasteiger partial charge in [0.05, 0.1) is 0 Å². The molecule has 5 heterocycles. The lowest BCUT2D eigenvalue weighted by atomic mass is 9.91. The van der Waals surface area contributed by atoms with Gasteiger partial charge in [0, 0.05) is 68.0 Å². The number of rotatable bonds is 2. The Morgan fingerprint density at radius 1 is 1.14 bits per heavy atom. The molecule has 0 bridgehead atoms. The lowest BCUT2D eigenvalue weighted by Crippen LogP contribution is -2.34. The van der Waals surface area contributed by atoms with Crippen LogP contribution in [0.15, 0.2) is 29.3 Å². The predicted molar refractivity (Wildman–Crippen MR) is 111 cm³/mol. The molecular formula is C22H25N5O2. The molecule has 3 aromatic rings. The highest BCUT2D eigenvalue weighted by Gasteiger charge is 2.24. The van der Waals surface area contributed by atoms with Gasteiger partial charge in [-0.3, -0.25) is 9.78 Å². The Morgan fingerprint density at radius 2 is 1.97 bits per heavy atom. The van der Waals surface area contributed by atoms with Crippen LogP contribution in [0.1, 0.15) is 46.7 Å². The molecule has 2 aliphatic rings. The Morgan fingerprint density at radius 3 is 2.79 bits per heavy atom. The van der Waals surface area contributed by atoms with Crippen LogP contribution >= 0.6 is 0 Å². The van der Waals surface area contributed by atoms with Gasteiger partial charge < -0.3 is 9.64 Å². The molecule has 29 heavy (non-hydrogen) atoms. The van der Waals surface area contributed by atoms with E-state index in [1.54, 1.807) is 6.20 Å². The lowest BCUT2D eigenvalue weighted by Gasteiger charge is -2.31. The molecule has 0 N–H and O–H groups in total. The monoisotopic (exact) mass is 391 g/mol. The zero-order chi connectivity index (χ0) is 20.0. The molecule has 1 saturated heterocycles. The van der Waals surface area contributed by atoms with Gasteiger partial charge in [0.1, 0.15) is 0 Å². The number of aryl methyl sites for hydroxylation is 1. The van der Waals surface area contributed by atoms with Crippen LogP contribution in [0.2, 0.25) is 0 Å². The van der Waals surface area contributed by atoms with Gasteiger partial charge in [-0.15, -0.1) is 5.10 Å². The summed E-state index contributed by atoms with van der Waals surface area (Å²) >= 11 is 0. The number of hydrogen-bond donors (Lipinski definition) is 0. The molecule has 7 nitrogen and oxygen atoms in total. The van der Waals surface area contributed by atoms with Gasteiger partial charge >= 0.3 is 0 Å². The first kappa shape index (κ1) is 18.2. The summed E-state index contributed by atoms with van der Waals surface area (Å²) in [5, 5.41) is 4.67. The van der Waals surface area contributed by atoms with Crippen LogP contribution in [-0.4, -0.2) is 39.3 Å². The Balaban J connectivity index is 1.51. The minimum absolute atomic E-state index is 0.153. The van der Waals surface area contributed by atoms with Gasteiger partial charge in [0.2, 0.25) is 0 Å². The highest BCUT2D eigenvalue weighted by molar-refractivity contribution is 5.59. The maximum Gasteiger partial charge on any atom is 0.274 e. The minimum atomic E-state index is -0.153. The van der Waals surface area contributed by atoms with Crippen LogP contribution < -0.4 is 10.5 Å². The van der Waals surface area contributed by atoms with Crippen LogP contribution in [-0.2, 0) is 17.7 Å². The van der Waals surface area contributed by atoms with Crippen molar-refractivity contribution < 1.29 is 4.74 Å². The molecule has 7 heteroatoms. The maximum atomic E-state index is 12.3. The molecule has 0 spiro atoms. The molecule has 3 aromatic heterocycles. The Kier molecular flexibility index (Phi) is 4.54. The van der Waals surface area contributed by atoms with Crippen LogP contribution in [0, 0.1) is 13.8 Å². The van der Waals surface area contributed by atoms with Gasteiger partial charge in [-0.05, 0) is 43.7 Å². The van der Waals surface area contributed by atoms with Gasteiger partial charge in [-0.1, -0.05) is 6.07 Å². The Hall–Kier alpha value is -2.80. The van der Waals surface area contributed by atoms with E-state index in [1.807, 2.05) is 6.92 Å². The summed E-state index contributed by atoms with van der Waals surface area (Å²) in [6, 6.07) is 3.77. The smallest absolute Gasteiger partial charge is 0.274 e. The number of ether oxygens (including phenoxy) is 1. The zero-order valence-electron chi connectivity index (χ0n) is 16.9. The summed E-state index contributed by atoms with van der Waals surface area (Å²) in [5.41, 5.74) is 6.28. The van der Waals surface area contributed by atoms with E-state index in [1.165, 1.54) is 27.4 Å². The van der Waals surface area contributed by atoms with Crippen LogP contribution in [0.4, 0.5) is 5.82 Å². The molecule has 0 atom stereocenters. The first-order valence-corrected chi connectivity index (χ1v) is 10.3. The van der Waals surface area contributed by atoms with Crippen LogP contribution in [0.25, 0.3) is 5.65 Å². The van der Waals surface area contributed by atoms with E-state index in [0.29, 0.717) is 11.6 Å². The van der Waals surface area contributed by atoms with Crippen molar-refractivity contribution in [3.05, 3.63) is 62.8 Å². The fourth-order valence-electron chi connectivity index (χ4n) is 4.44. The van der Waals surface area contributed by atoms with E-state index in [9.17, 15) is 4.79 Å². The summed E-state index contributed by atoms with van der Waals surface area (Å²) < 4.78 is 6.93. The van der Waals surface area contributed by atoms with E-state index in [-0.39, 0.29) is 5.56 Å². The minimum Gasteiger partial charge on any atom is -0.381 e. The first-order valence-electron chi connectivity index (χ1n) is 10.3. The van der Waals surface area contributed by atoms with Crippen molar-refractivity contribution in [2.75, 3.05) is 24.7 Å². The second-order valence-corrected chi connectivity index (χ2v) is 8.02. The van der Waals surface area contributed by atoms with Gasteiger partial charge in [-0.25, -0.2) is 4.98 Å². The van der Waals surface area contributed by atoms with Crippen molar-refractivity contribution in [1.29, 1.82) is 0 Å². The number of fused-ring (bicyclic) bond motifs is 2. The van der Waals surface area contributed by atoms with Crippen molar-refractivity contribution >= 4 is 11.5 Å². The highest BCUT2D eigenvalue weighted by Crippen LogP contribution is 2.31. The van der Waals surface area contributed by atoms with E-state index < -0.39 is 0 Å². The predicted octanol–water partition coefficient (Wildman–Crippen LogP) is 2.56. The fraction of sp³-hybridized carbons (Fsp3) is 0.455. The summed E-state index contributed by atoms with van der Waals surface area (Å²) in [4.78, 5) is 23.7. The molecule has 150 valence electrons. The standard InChI is InChI=1S/C22H25N5O2/c1-14-15(2)22(25-27-20(28)3-7-23-21(14)27)26-8-4-19-18(13-26)11-17(12-24-19)16-5-9-29-10-6-16/h3,7,11-12,16H,4-6,8-10,13H2,1-2H3. The highest BCUT2D eigenvalue weighted by atomic mass is 16.5. The van der Waals surface area contributed by atoms with Crippen molar-refractivity contribution in [3.8, 4) is 0 Å². The first-order chi connectivity index (χ1) is 14.1. The molecular weight excluding hydrogens is 366 g/mol. The summed E-state index contributed by atoms with van der Waals surface area (Å²) in [6.07, 6.45) is 6.60. The average Bonchev–Trinajstić information content (AvgIpc) is 2.76. The lowest BCUT2D eigenvalue weighted by molar-refractivity contribution is 0.0852. The third-order valence-electron chi connectivity index (χ3n) is 6.30. The van der Waals surface area contributed by atoms with E-state index in [2.05, 4.69) is 34.2 Å². The molecule has 1 fully saturated rings. The number of aromatic nitrogens is 4. The summed E-state index contributed by atoms with van der Waals surface area (Å²) in [6.45, 7) is 7.32. The van der Waals surface area contributed by atoms with Crippen molar-refractivity contribution in [3.63, 3.8) is 0 Å². The average molecular weight is 391 g/mol. The van der Waals surface area contributed by atoms with E-state index in [0.717, 1.165) is 62.5 Å². The Bertz CT molecular complexity index is 1130. The largest absolute Gasteiger partial charge is 0.381 e. The molecule has 0 aromatic carbocycles. The normalized spacial score (nSPS) is 17.5. The quantitative estimate of drug-likeness (QED) is 0.669. The van der Waals surface area contributed by atoms with Crippen molar-refractivity contribution in [1.82, 2.24) is 19.6 Å². The third-order valence-corrected chi connectivity index (χ3v) is 6.30. The third kappa shape index (κ3) is 3.19. The fourth-order valence-corrected chi connectivity index (χ4v) is 4.44. The van der Waals surface area contributed by atoms with Gasteiger partial charge in [0.15, 0.2) is 11.5 Å². The van der Waals surface area contributed by atoms with E-state index in [4.69, 9.17) is 9.72 Å². The number of anilines is 1. The summed E-state index contributed by atoms with van der Waals surface area (Å²) in [7, 11) is 0. The number of nitrogens with zero attached hydrogens (tertiary/aromatic N) is 5. The molecule has 0 amide bonds. The molecule has 0 aliphatic carbocycles.